The normalized spacial score (nSPS) is 32.5. The van der Waals surface area contributed by atoms with Gasteiger partial charge in [0.1, 0.15) is 11.6 Å². The zero-order valence-electron chi connectivity index (χ0n) is 10.9. The Morgan fingerprint density at radius 2 is 2.00 bits per heavy atom. The van der Waals surface area contributed by atoms with Crippen LogP contribution in [0.5, 0.6) is 0 Å². The van der Waals surface area contributed by atoms with Gasteiger partial charge >= 0.3 is 0 Å². The second-order valence-electron chi connectivity index (χ2n) is 5.80. The predicted molar refractivity (Wildman–Crippen MR) is 67.2 cm³/mol. The predicted octanol–water partition coefficient (Wildman–Crippen LogP) is 3.69. The molecule has 100 valence electrons. The van der Waals surface area contributed by atoms with Crippen LogP contribution < -0.4 is 0 Å². The van der Waals surface area contributed by atoms with E-state index in [1.54, 1.807) is 0 Å². The van der Waals surface area contributed by atoms with E-state index < -0.39 is 17.2 Å². The van der Waals surface area contributed by atoms with E-state index in [4.69, 9.17) is 0 Å². The van der Waals surface area contributed by atoms with Crippen molar-refractivity contribution in [3.05, 3.63) is 35.4 Å². The molecule has 1 nitrogen and oxygen atoms in total. The third-order valence-electron chi connectivity index (χ3n) is 4.22. The molecular formula is C15H20F2O. The molecule has 0 amide bonds. The van der Waals surface area contributed by atoms with Crippen LogP contribution in [0.4, 0.5) is 8.78 Å². The number of halogens is 2. The van der Waals surface area contributed by atoms with Gasteiger partial charge in [-0.25, -0.2) is 8.78 Å². The monoisotopic (exact) mass is 254 g/mol. The molecule has 3 unspecified atom stereocenters. The molecule has 18 heavy (non-hydrogen) atoms. The molecule has 1 saturated carbocycles. The van der Waals surface area contributed by atoms with Crippen LogP contribution in [-0.2, 0) is 6.42 Å². The number of aliphatic hydroxyl groups is 1. The summed E-state index contributed by atoms with van der Waals surface area (Å²) in [5.74, 6) is -0.332. The van der Waals surface area contributed by atoms with E-state index >= 15 is 0 Å². The van der Waals surface area contributed by atoms with Gasteiger partial charge in [-0.05, 0) is 48.4 Å². The van der Waals surface area contributed by atoms with Crippen molar-refractivity contribution in [3.8, 4) is 0 Å². The maximum absolute atomic E-state index is 13.6. The lowest BCUT2D eigenvalue weighted by Gasteiger charge is -2.41. The number of rotatable bonds is 2. The van der Waals surface area contributed by atoms with Crippen LogP contribution in [0.3, 0.4) is 0 Å². The molecule has 0 spiro atoms. The highest BCUT2D eigenvalue weighted by atomic mass is 19.1. The second-order valence-corrected chi connectivity index (χ2v) is 5.80. The Morgan fingerprint density at radius 1 is 1.28 bits per heavy atom. The molecule has 0 aliphatic heterocycles. The summed E-state index contributed by atoms with van der Waals surface area (Å²) in [5.41, 5.74) is -0.634. The molecule has 0 bridgehead atoms. The highest BCUT2D eigenvalue weighted by Crippen LogP contribution is 2.39. The standard InChI is InChI=1S/C15H20F2O/c1-10-3-4-11(2)15(18,8-10)9-12-7-13(16)5-6-14(12)17/h5-7,10-11,18H,3-4,8-9H2,1-2H3. The summed E-state index contributed by atoms with van der Waals surface area (Å²) in [4.78, 5) is 0. The minimum absolute atomic E-state index is 0.122. The third-order valence-corrected chi connectivity index (χ3v) is 4.22. The van der Waals surface area contributed by atoms with Crippen molar-refractivity contribution in [2.45, 2.75) is 45.1 Å². The molecule has 1 fully saturated rings. The van der Waals surface area contributed by atoms with Crippen LogP contribution in [-0.4, -0.2) is 10.7 Å². The molecule has 1 aromatic rings. The minimum Gasteiger partial charge on any atom is -0.389 e. The summed E-state index contributed by atoms with van der Waals surface area (Å²) < 4.78 is 26.8. The highest BCUT2D eigenvalue weighted by molar-refractivity contribution is 5.21. The van der Waals surface area contributed by atoms with Gasteiger partial charge in [0.25, 0.3) is 0 Å². The quantitative estimate of drug-likeness (QED) is 0.853. The Labute approximate surface area is 107 Å². The first-order valence-electron chi connectivity index (χ1n) is 6.57. The molecule has 1 N–H and O–H groups in total. The van der Waals surface area contributed by atoms with Gasteiger partial charge in [-0.2, -0.15) is 0 Å². The summed E-state index contributed by atoms with van der Waals surface area (Å²) in [6.07, 6.45) is 2.88. The Kier molecular flexibility index (Phi) is 3.71. The first-order valence-corrected chi connectivity index (χ1v) is 6.57. The average Bonchev–Trinajstić information content (AvgIpc) is 2.29. The maximum atomic E-state index is 13.6. The summed E-state index contributed by atoms with van der Waals surface area (Å²) in [6.45, 7) is 4.09. The third kappa shape index (κ3) is 2.72. The molecule has 0 radical (unpaired) electrons. The van der Waals surface area contributed by atoms with Gasteiger partial charge < -0.3 is 5.11 Å². The van der Waals surface area contributed by atoms with Crippen molar-refractivity contribution in [2.24, 2.45) is 11.8 Å². The smallest absolute Gasteiger partial charge is 0.126 e. The largest absolute Gasteiger partial charge is 0.389 e. The van der Waals surface area contributed by atoms with E-state index in [0.717, 1.165) is 25.0 Å². The van der Waals surface area contributed by atoms with Gasteiger partial charge in [-0.3, -0.25) is 0 Å². The summed E-state index contributed by atoms with van der Waals surface area (Å²) in [6, 6.07) is 3.43. The molecule has 0 aromatic heterocycles. The van der Waals surface area contributed by atoms with E-state index in [2.05, 4.69) is 6.92 Å². The summed E-state index contributed by atoms with van der Waals surface area (Å²) >= 11 is 0. The van der Waals surface area contributed by atoms with Crippen LogP contribution in [0.1, 0.15) is 38.7 Å². The Bertz CT molecular complexity index is 433. The zero-order chi connectivity index (χ0) is 13.3. The van der Waals surface area contributed by atoms with E-state index in [-0.39, 0.29) is 17.9 Å². The van der Waals surface area contributed by atoms with Crippen LogP contribution in [0.2, 0.25) is 0 Å². The topological polar surface area (TPSA) is 20.2 Å². The zero-order valence-corrected chi connectivity index (χ0v) is 10.9. The molecule has 2 rings (SSSR count). The Balaban J connectivity index is 2.23. The fourth-order valence-corrected chi connectivity index (χ4v) is 2.96. The van der Waals surface area contributed by atoms with Crippen LogP contribution in [0, 0.1) is 23.5 Å². The fourth-order valence-electron chi connectivity index (χ4n) is 2.96. The molecule has 0 saturated heterocycles. The van der Waals surface area contributed by atoms with Gasteiger partial charge in [-0.1, -0.05) is 20.3 Å². The first kappa shape index (κ1) is 13.5. The van der Waals surface area contributed by atoms with Crippen LogP contribution in [0.15, 0.2) is 18.2 Å². The van der Waals surface area contributed by atoms with Crippen molar-refractivity contribution >= 4 is 0 Å². The Hall–Kier alpha value is -0.960. The van der Waals surface area contributed by atoms with Gasteiger partial charge in [0.2, 0.25) is 0 Å². The molecule has 1 aromatic carbocycles. The van der Waals surface area contributed by atoms with Gasteiger partial charge in [0.05, 0.1) is 5.60 Å². The van der Waals surface area contributed by atoms with Crippen molar-refractivity contribution in [3.63, 3.8) is 0 Å². The lowest BCUT2D eigenvalue weighted by molar-refractivity contribution is -0.0565. The first-order chi connectivity index (χ1) is 8.40. The van der Waals surface area contributed by atoms with Crippen molar-refractivity contribution < 1.29 is 13.9 Å². The van der Waals surface area contributed by atoms with E-state index in [9.17, 15) is 13.9 Å². The van der Waals surface area contributed by atoms with Gasteiger partial charge in [-0.15, -0.1) is 0 Å². The number of benzene rings is 1. The minimum atomic E-state index is -0.910. The molecule has 3 atom stereocenters. The molecule has 1 aliphatic carbocycles. The van der Waals surface area contributed by atoms with E-state index in [1.807, 2.05) is 6.92 Å². The second kappa shape index (κ2) is 4.96. The number of hydrogen-bond acceptors (Lipinski definition) is 1. The molecule has 3 heteroatoms. The van der Waals surface area contributed by atoms with Crippen LogP contribution in [0.25, 0.3) is 0 Å². The van der Waals surface area contributed by atoms with Crippen molar-refractivity contribution in [1.29, 1.82) is 0 Å². The molecular weight excluding hydrogens is 234 g/mol. The SMILES string of the molecule is CC1CCC(C)C(O)(Cc2cc(F)ccc2F)C1. The molecule has 1 aliphatic rings. The summed E-state index contributed by atoms with van der Waals surface area (Å²) in [7, 11) is 0. The lowest BCUT2D eigenvalue weighted by Crippen LogP contribution is -2.43. The van der Waals surface area contributed by atoms with E-state index in [1.165, 1.54) is 6.07 Å². The van der Waals surface area contributed by atoms with Crippen molar-refractivity contribution in [1.82, 2.24) is 0 Å². The maximum Gasteiger partial charge on any atom is 0.126 e. The van der Waals surface area contributed by atoms with Gasteiger partial charge in [0, 0.05) is 6.42 Å². The van der Waals surface area contributed by atoms with Crippen LogP contribution >= 0.6 is 0 Å². The van der Waals surface area contributed by atoms with Crippen molar-refractivity contribution in [2.75, 3.05) is 0 Å². The summed E-state index contributed by atoms with van der Waals surface area (Å²) in [5, 5.41) is 10.7. The molecule has 0 heterocycles. The lowest BCUT2D eigenvalue weighted by atomic mass is 9.69. The fraction of sp³-hybridized carbons (Fsp3) is 0.600. The Morgan fingerprint density at radius 3 is 2.72 bits per heavy atom. The average molecular weight is 254 g/mol. The van der Waals surface area contributed by atoms with E-state index in [0.29, 0.717) is 12.3 Å². The highest BCUT2D eigenvalue weighted by Gasteiger charge is 2.39. The van der Waals surface area contributed by atoms with Gasteiger partial charge in [0.15, 0.2) is 0 Å². The number of hydrogen-bond donors (Lipinski definition) is 1.